The molecule has 0 spiro atoms. The Balaban J connectivity index is 2.00. The first-order valence-electron chi connectivity index (χ1n) is 7.38. The van der Waals surface area contributed by atoms with Crippen molar-refractivity contribution in [3.05, 3.63) is 35.4 Å². The van der Waals surface area contributed by atoms with Gasteiger partial charge in [-0.15, -0.1) is 0 Å². The molecule has 0 fully saturated rings. The largest absolute Gasteiger partial charge is 0.391 e. The van der Waals surface area contributed by atoms with Gasteiger partial charge in [-0.3, -0.25) is 0 Å². The Morgan fingerprint density at radius 3 is 2.37 bits per heavy atom. The van der Waals surface area contributed by atoms with Gasteiger partial charge in [0.05, 0.1) is 17.6 Å². The highest BCUT2D eigenvalue weighted by Gasteiger charge is 2.43. The summed E-state index contributed by atoms with van der Waals surface area (Å²) in [7, 11) is 0. The lowest BCUT2D eigenvalue weighted by atomic mass is 9.78. The molecule has 0 aliphatic heterocycles. The van der Waals surface area contributed by atoms with Crippen molar-refractivity contribution in [2.45, 2.75) is 58.0 Å². The highest BCUT2D eigenvalue weighted by molar-refractivity contribution is 5.37. The number of nitriles is 1. The molecule has 1 aliphatic carbocycles. The van der Waals surface area contributed by atoms with E-state index in [1.165, 1.54) is 24.0 Å². The van der Waals surface area contributed by atoms with E-state index in [0.717, 1.165) is 19.3 Å². The van der Waals surface area contributed by atoms with E-state index in [4.69, 9.17) is 0 Å². The van der Waals surface area contributed by atoms with Gasteiger partial charge in [-0.25, -0.2) is 0 Å². The van der Waals surface area contributed by atoms with Crippen molar-refractivity contribution in [1.29, 1.82) is 5.26 Å². The average Bonchev–Trinajstić information content (AvgIpc) is 2.83. The molecular weight excluding hydrogens is 234 g/mol. The molecule has 0 radical (unpaired) electrons. The normalized spacial score (nSPS) is 17.7. The highest BCUT2D eigenvalue weighted by atomic mass is 16.3. The lowest BCUT2D eigenvalue weighted by Gasteiger charge is -2.27. The summed E-state index contributed by atoms with van der Waals surface area (Å²) < 4.78 is 0. The summed E-state index contributed by atoms with van der Waals surface area (Å²) in [5, 5.41) is 20.0. The summed E-state index contributed by atoms with van der Waals surface area (Å²) in [6.07, 6.45) is 6.25. The highest BCUT2D eigenvalue weighted by Crippen LogP contribution is 2.40. The van der Waals surface area contributed by atoms with Crippen molar-refractivity contribution >= 4 is 0 Å². The van der Waals surface area contributed by atoms with Crippen LogP contribution in [0.3, 0.4) is 0 Å². The van der Waals surface area contributed by atoms with Crippen molar-refractivity contribution < 1.29 is 5.11 Å². The smallest absolute Gasteiger partial charge is 0.0912 e. The zero-order valence-electron chi connectivity index (χ0n) is 11.7. The Labute approximate surface area is 116 Å². The third kappa shape index (κ3) is 2.98. The number of rotatable bonds is 6. The molecule has 1 aliphatic rings. The zero-order chi connectivity index (χ0) is 13.7. The number of hydrogen-bond acceptors (Lipinski definition) is 2. The number of nitrogens with zero attached hydrogens (tertiary/aromatic N) is 1. The molecule has 1 unspecified atom stereocenters. The van der Waals surface area contributed by atoms with Gasteiger partial charge in [-0.05, 0) is 30.4 Å². The third-order valence-corrected chi connectivity index (χ3v) is 4.32. The predicted molar refractivity (Wildman–Crippen MR) is 76.7 cm³/mol. The van der Waals surface area contributed by atoms with Crippen molar-refractivity contribution in [1.82, 2.24) is 0 Å². The molecule has 102 valence electrons. The molecule has 1 atom stereocenters. The number of aliphatic hydroxyl groups is 1. The van der Waals surface area contributed by atoms with Gasteiger partial charge in [-0.1, -0.05) is 56.9 Å². The fourth-order valence-electron chi connectivity index (χ4n) is 3.07. The summed E-state index contributed by atoms with van der Waals surface area (Å²) in [6.45, 7) is 2.18. The molecule has 0 aromatic heterocycles. The van der Waals surface area contributed by atoms with Crippen molar-refractivity contribution in [2.75, 3.05) is 0 Å². The van der Waals surface area contributed by atoms with E-state index in [1.807, 2.05) is 12.1 Å². The van der Waals surface area contributed by atoms with Crippen molar-refractivity contribution in [2.24, 2.45) is 5.41 Å². The van der Waals surface area contributed by atoms with E-state index >= 15 is 0 Å². The molecule has 0 heterocycles. The molecule has 0 saturated heterocycles. The minimum absolute atomic E-state index is 0.498. The molecule has 0 saturated carbocycles. The summed E-state index contributed by atoms with van der Waals surface area (Å²) >= 11 is 0. The van der Waals surface area contributed by atoms with Crippen LogP contribution < -0.4 is 0 Å². The Kier molecular flexibility index (Phi) is 4.61. The van der Waals surface area contributed by atoms with Crippen LogP contribution in [0.5, 0.6) is 0 Å². The maximum Gasteiger partial charge on any atom is 0.0912 e. The van der Waals surface area contributed by atoms with Gasteiger partial charge in [0.15, 0.2) is 0 Å². The summed E-state index contributed by atoms with van der Waals surface area (Å²) in [4.78, 5) is 0. The standard InChI is InChI=1S/C17H23NO/c1-2-3-4-5-10-16(19)17(13-18)11-14-8-6-7-9-15(14)12-17/h6-9,16,19H,2-5,10-12H2,1H3. The van der Waals surface area contributed by atoms with Crippen LogP contribution >= 0.6 is 0 Å². The Bertz CT molecular complexity index is 436. The Hall–Kier alpha value is -1.33. The van der Waals surface area contributed by atoms with Crippen LogP contribution in [0, 0.1) is 16.7 Å². The fourth-order valence-corrected chi connectivity index (χ4v) is 3.07. The van der Waals surface area contributed by atoms with Gasteiger partial charge in [0.2, 0.25) is 0 Å². The third-order valence-electron chi connectivity index (χ3n) is 4.32. The molecule has 1 N–H and O–H groups in total. The van der Waals surface area contributed by atoms with Gasteiger partial charge in [0.1, 0.15) is 0 Å². The predicted octanol–water partition coefficient (Wildman–Crippen LogP) is 3.63. The first-order valence-corrected chi connectivity index (χ1v) is 7.38. The zero-order valence-corrected chi connectivity index (χ0v) is 11.7. The quantitative estimate of drug-likeness (QED) is 0.791. The molecule has 1 aromatic rings. The van der Waals surface area contributed by atoms with E-state index in [2.05, 4.69) is 25.1 Å². The van der Waals surface area contributed by atoms with Crippen LogP contribution in [0.1, 0.15) is 50.2 Å². The maximum atomic E-state index is 10.4. The van der Waals surface area contributed by atoms with Gasteiger partial charge in [0.25, 0.3) is 0 Å². The van der Waals surface area contributed by atoms with E-state index < -0.39 is 11.5 Å². The number of unbranched alkanes of at least 4 members (excludes halogenated alkanes) is 3. The molecule has 2 heteroatoms. The van der Waals surface area contributed by atoms with Gasteiger partial charge >= 0.3 is 0 Å². The number of hydrogen-bond donors (Lipinski definition) is 1. The van der Waals surface area contributed by atoms with Crippen molar-refractivity contribution in [3.63, 3.8) is 0 Å². The number of benzene rings is 1. The maximum absolute atomic E-state index is 10.4. The molecule has 0 bridgehead atoms. The van der Waals surface area contributed by atoms with E-state index in [1.54, 1.807) is 0 Å². The topological polar surface area (TPSA) is 44.0 Å². The molecule has 2 rings (SSSR count). The van der Waals surface area contributed by atoms with Gasteiger partial charge in [-0.2, -0.15) is 5.26 Å². The van der Waals surface area contributed by atoms with Gasteiger partial charge in [0, 0.05) is 0 Å². The lowest BCUT2D eigenvalue weighted by Crippen LogP contribution is -2.34. The average molecular weight is 257 g/mol. The number of aliphatic hydroxyl groups excluding tert-OH is 1. The molecule has 1 aromatic carbocycles. The van der Waals surface area contributed by atoms with Crippen molar-refractivity contribution in [3.8, 4) is 6.07 Å². The number of fused-ring (bicyclic) bond motifs is 1. The van der Waals surface area contributed by atoms with Crippen LogP contribution in [0.25, 0.3) is 0 Å². The molecule has 2 nitrogen and oxygen atoms in total. The summed E-state index contributed by atoms with van der Waals surface area (Å²) in [5.41, 5.74) is 1.88. The second kappa shape index (κ2) is 6.21. The van der Waals surface area contributed by atoms with E-state index in [9.17, 15) is 10.4 Å². The fraction of sp³-hybridized carbons (Fsp3) is 0.588. The minimum atomic E-state index is -0.587. The Morgan fingerprint density at radius 2 is 1.84 bits per heavy atom. The first kappa shape index (κ1) is 14.1. The minimum Gasteiger partial charge on any atom is -0.391 e. The second-order valence-electron chi connectivity index (χ2n) is 5.76. The van der Waals surface area contributed by atoms with Crippen LogP contribution in [0.2, 0.25) is 0 Å². The van der Waals surface area contributed by atoms with E-state index in [0.29, 0.717) is 12.8 Å². The van der Waals surface area contributed by atoms with Crippen LogP contribution in [-0.2, 0) is 12.8 Å². The van der Waals surface area contributed by atoms with E-state index in [-0.39, 0.29) is 0 Å². The molecular formula is C17H23NO. The van der Waals surface area contributed by atoms with Crippen LogP contribution in [0.15, 0.2) is 24.3 Å². The summed E-state index contributed by atoms with van der Waals surface area (Å²) in [6, 6.07) is 10.6. The van der Waals surface area contributed by atoms with Crippen LogP contribution in [-0.4, -0.2) is 11.2 Å². The van der Waals surface area contributed by atoms with Crippen LogP contribution in [0.4, 0.5) is 0 Å². The SMILES string of the molecule is CCCCCCC(O)C1(C#N)Cc2ccccc2C1. The van der Waals surface area contributed by atoms with Gasteiger partial charge < -0.3 is 5.11 Å². The lowest BCUT2D eigenvalue weighted by molar-refractivity contribution is 0.0597. The Morgan fingerprint density at radius 1 is 1.21 bits per heavy atom. The second-order valence-corrected chi connectivity index (χ2v) is 5.76. The first-order chi connectivity index (χ1) is 9.22. The monoisotopic (exact) mass is 257 g/mol. The molecule has 19 heavy (non-hydrogen) atoms. The molecule has 0 amide bonds. The summed E-state index contributed by atoms with van der Waals surface area (Å²) in [5.74, 6) is 0.